The molecule has 0 aliphatic heterocycles. The van der Waals surface area contributed by atoms with Crippen LogP contribution >= 0.6 is 0 Å². The van der Waals surface area contributed by atoms with E-state index in [-0.39, 0.29) is 16.3 Å². The van der Waals surface area contributed by atoms with E-state index in [0.29, 0.717) is 12.5 Å². The minimum atomic E-state index is -3.97. The molecule has 0 aliphatic carbocycles. The molecule has 0 fully saturated rings. The maximum absolute atomic E-state index is 12.2. The zero-order valence-electron chi connectivity index (χ0n) is 11.6. The van der Waals surface area contributed by atoms with Gasteiger partial charge >= 0.3 is 0 Å². The molecule has 0 aliphatic rings. The Labute approximate surface area is 113 Å². The summed E-state index contributed by atoms with van der Waals surface area (Å²) in [6.07, 6.45) is 0.930. The molecule has 1 heterocycles. The van der Waals surface area contributed by atoms with Gasteiger partial charge in [-0.05, 0) is 12.8 Å². The minimum Gasteiger partial charge on any atom is -0.340 e. The van der Waals surface area contributed by atoms with Gasteiger partial charge in [-0.3, -0.25) is 9.89 Å². The molecule has 0 saturated heterocycles. The number of primary sulfonamides is 1. The Morgan fingerprint density at radius 3 is 2.58 bits per heavy atom. The third-order valence-electron chi connectivity index (χ3n) is 3.01. The second-order valence-corrected chi connectivity index (χ2v) is 6.27. The molecule has 1 unspecified atom stereocenters. The molecule has 19 heavy (non-hydrogen) atoms. The van der Waals surface area contributed by atoms with Gasteiger partial charge in [0, 0.05) is 13.6 Å². The van der Waals surface area contributed by atoms with Crippen LogP contribution in [0.2, 0.25) is 0 Å². The molecule has 1 aromatic heterocycles. The van der Waals surface area contributed by atoms with Crippen molar-refractivity contribution in [1.29, 1.82) is 0 Å². The lowest BCUT2D eigenvalue weighted by atomic mass is 10.1. The first-order valence-corrected chi connectivity index (χ1v) is 7.56. The lowest BCUT2D eigenvalue weighted by Crippen LogP contribution is -2.32. The Bertz CT molecular complexity index is 564. The second kappa shape index (κ2) is 5.70. The van der Waals surface area contributed by atoms with E-state index in [2.05, 4.69) is 10.2 Å². The summed E-state index contributed by atoms with van der Waals surface area (Å²) < 4.78 is 23.0. The number of hydrogen-bond donors (Lipinski definition) is 2. The fourth-order valence-corrected chi connectivity index (χ4v) is 2.65. The summed E-state index contributed by atoms with van der Waals surface area (Å²) in [7, 11) is -2.36. The smallest absolute Gasteiger partial charge is 0.275 e. The van der Waals surface area contributed by atoms with Crippen LogP contribution in [0.4, 0.5) is 0 Å². The van der Waals surface area contributed by atoms with Crippen molar-refractivity contribution in [2.45, 2.75) is 32.1 Å². The Kier molecular flexibility index (Phi) is 4.70. The molecule has 3 N–H and O–H groups in total. The second-order valence-electron chi connectivity index (χ2n) is 4.77. The van der Waals surface area contributed by atoms with E-state index in [1.165, 1.54) is 11.8 Å². The number of aromatic amines is 1. The maximum atomic E-state index is 12.2. The number of aryl methyl sites for hydroxylation is 1. The molecule has 0 spiro atoms. The predicted octanol–water partition coefficient (Wildman–Crippen LogP) is 0.484. The summed E-state index contributed by atoms with van der Waals surface area (Å²) in [6, 6.07) is 0. The number of sulfonamides is 1. The third kappa shape index (κ3) is 3.54. The van der Waals surface area contributed by atoms with Crippen LogP contribution in [-0.4, -0.2) is 43.0 Å². The number of rotatable bonds is 5. The first-order valence-electron chi connectivity index (χ1n) is 6.01. The lowest BCUT2D eigenvalue weighted by Gasteiger charge is -2.20. The monoisotopic (exact) mass is 288 g/mol. The highest BCUT2D eigenvalue weighted by atomic mass is 32.2. The van der Waals surface area contributed by atoms with Crippen LogP contribution in [0.25, 0.3) is 0 Å². The molecular formula is C11H20N4O3S. The van der Waals surface area contributed by atoms with E-state index in [4.69, 9.17) is 5.14 Å². The number of carbonyl (C=O) groups excluding carboxylic acids is 1. The van der Waals surface area contributed by atoms with Crippen LogP contribution in [0.1, 0.15) is 36.5 Å². The van der Waals surface area contributed by atoms with E-state index in [9.17, 15) is 13.2 Å². The summed E-state index contributed by atoms with van der Waals surface area (Å²) in [4.78, 5) is 13.4. The van der Waals surface area contributed by atoms with Crippen LogP contribution in [-0.2, 0) is 10.0 Å². The summed E-state index contributed by atoms with van der Waals surface area (Å²) >= 11 is 0. The van der Waals surface area contributed by atoms with Gasteiger partial charge in [0.15, 0.2) is 5.69 Å². The average Bonchev–Trinajstić information content (AvgIpc) is 2.69. The molecule has 8 heteroatoms. The lowest BCUT2D eigenvalue weighted by molar-refractivity contribution is 0.0765. The van der Waals surface area contributed by atoms with Gasteiger partial charge in [0.2, 0.25) is 10.0 Å². The normalized spacial score (nSPS) is 13.3. The quantitative estimate of drug-likeness (QED) is 0.821. The summed E-state index contributed by atoms with van der Waals surface area (Å²) in [5.41, 5.74) is 0.119. The maximum Gasteiger partial charge on any atom is 0.275 e. The summed E-state index contributed by atoms with van der Waals surface area (Å²) in [5, 5.41) is 11.4. The molecule has 0 aromatic carbocycles. The van der Waals surface area contributed by atoms with Gasteiger partial charge in [0.25, 0.3) is 5.91 Å². The number of carbonyl (C=O) groups is 1. The Hall–Kier alpha value is -1.41. The van der Waals surface area contributed by atoms with Crippen LogP contribution in [0.3, 0.4) is 0 Å². The number of hydrogen-bond acceptors (Lipinski definition) is 4. The van der Waals surface area contributed by atoms with Gasteiger partial charge in [0.05, 0.1) is 5.69 Å². The highest BCUT2D eigenvalue weighted by Gasteiger charge is 2.27. The van der Waals surface area contributed by atoms with Gasteiger partial charge in [-0.15, -0.1) is 0 Å². The summed E-state index contributed by atoms with van der Waals surface area (Å²) in [6.45, 7) is 6.08. The Balaban J connectivity index is 3.08. The zero-order chi connectivity index (χ0) is 14.8. The SMILES string of the molecule is CCC(C)CN(C)C(=O)c1n[nH]c(C)c1S(N)(=O)=O. The first kappa shape index (κ1) is 15.6. The van der Waals surface area contributed by atoms with Crippen LogP contribution in [0.5, 0.6) is 0 Å². The molecule has 1 aromatic rings. The molecule has 108 valence electrons. The van der Waals surface area contributed by atoms with Crippen LogP contribution in [0, 0.1) is 12.8 Å². The zero-order valence-corrected chi connectivity index (χ0v) is 12.4. The van der Waals surface area contributed by atoms with Crippen LogP contribution < -0.4 is 5.14 Å². The Morgan fingerprint density at radius 1 is 1.53 bits per heavy atom. The molecule has 1 rings (SSSR count). The average molecular weight is 288 g/mol. The van der Waals surface area contributed by atoms with Crippen molar-refractivity contribution in [3.63, 3.8) is 0 Å². The number of nitrogens with one attached hydrogen (secondary N) is 1. The first-order chi connectivity index (χ1) is 8.68. The van der Waals surface area contributed by atoms with E-state index < -0.39 is 15.9 Å². The van der Waals surface area contributed by atoms with Crippen molar-refractivity contribution in [2.75, 3.05) is 13.6 Å². The number of aromatic nitrogens is 2. The van der Waals surface area contributed by atoms with Gasteiger partial charge in [0.1, 0.15) is 4.90 Å². The third-order valence-corrected chi connectivity index (χ3v) is 4.08. The minimum absolute atomic E-state index is 0.147. The molecule has 1 atom stereocenters. The molecule has 0 radical (unpaired) electrons. The molecule has 1 amide bonds. The van der Waals surface area contributed by atoms with Crippen LogP contribution in [0.15, 0.2) is 4.90 Å². The van der Waals surface area contributed by atoms with Gasteiger partial charge < -0.3 is 4.90 Å². The van der Waals surface area contributed by atoms with E-state index in [0.717, 1.165) is 6.42 Å². The van der Waals surface area contributed by atoms with E-state index in [1.807, 2.05) is 13.8 Å². The van der Waals surface area contributed by atoms with Crippen molar-refractivity contribution in [1.82, 2.24) is 15.1 Å². The van der Waals surface area contributed by atoms with Crippen molar-refractivity contribution in [3.8, 4) is 0 Å². The molecule has 0 saturated carbocycles. The fourth-order valence-electron chi connectivity index (χ4n) is 1.77. The highest BCUT2D eigenvalue weighted by Crippen LogP contribution is 2.17. The van der Waals surface area contributed by atoms with Crippen molar-refractivity contribution < 1.29 is 13.2 Å². The van der Waals surface area contributed by atoms with Crippen molar-refractivity contribution in [2.24, 2.45) is 11.1 Å². The Morgan fingerprint density at radius 2 is 2.11 bits per heavy atom. The van der Waals surface area contributed by atoms with Crippen molar-refractivity contribution >= 4 is 15.9 Å². The standard InChI is InChI=1S/C11H20N4O3S/c1-5-7(2)6-15(4)11(16)9-10(19(12,17)18)8(3)13-14-9/h7H,5-6H2,1-4H3,(H,13,14)(H2,12,17,18). The van der Waals surface area contributed by atoms with Gasteiger partial charge in [-0.1, -0.05) is 20.3 Å². The molecular weight excluding hydrogens is 268 g/mol. The van der Waals surface area contributed by atoms with Crippen molar-refractivity contribution in [3.05, 3.63) is 11.4 Å². The summed E-state index contributed by atoms with van der Waals surface area (Å²) in [5.74, 6) is -0.124. The largest absolute Gasteiger partial charge is 0.340 e. The predicted molar refractivity (Wildman–Crippen MR) is 71.1 cm³/mol. The number of amides is 1. The van der Waals surface area contributed by atoms with Gasteiger partial charge in [-0.2, -0.15) is 5.10 Å². The molecule has 0 bridgehead atoms. The number of nitrogens with two attached hydrogens (primary N) is 1. The van der Waals surface area contributed by atoms with E-state index >= 15 is 0 Å². The van der Waals surface area contributed by atoms with E-state index in [1.54, 1.807) is 7.05 Å². The van der Waals surface area contributed by atoms with Gasteiger partial charge in [-0.25, -0.2) is 13.6 Å². The number of nitrogens with zero attached hydrogens (tertiary/aromatic N) is 2. The fraction of sp³-hybridized carbons (Fsp3) is 0.636. The topological polar surface area (TPSA) is 109 Å². The number of H-pyrrole nitrogens is 1. The molecule has 7 nitrogen and oxygen atoms in total. The highest BCUT2D eigenvalue weighted by molar-refractivity contribution is 7.89.